The number of nitrogens with zero attached hydrogens (tertiary/aromatic N) is 1. The molecule has 2 fully saturated rings. The van der Waals surface area contributed by atoms with Crippen LogP contribution in [0.4, 0.5) is 0 Å². The zero-order valence-electron chi connectivity index (χ0n) is 12.6. The minimum atomic E-state index is -0.194. The summed E-state index contributed by atoms with van der Waals surface area (Å²) in [7, 11) is 0. The van der Waals surface area contributed by atoms with Gasteiger partial charge in [-0.1, -0.05) is 30.3 Å². The average molecular weight is 332 g/mol. The summed E-state index contributed by atoms with van der Waals surface area (Å²) in [5.41, 5.74) is 12.7. The van der Waals surface area contributed by atoms with Crippen LogP contribution in [0.1, 0.15) is 12.0 Å². The van der Waals surface area contributed by atoms with Gasteiger partial charge in [-0.2, -0.15) is 16.3 Å². The van der Waals surface area contributed by atoms with E-state index in [2.05, 4.69) is 33.3 Å². The number of hydrogen-bond donors (Lipinski definition) is 5. The number of hydrogen-bond acceptors (Lipinski definition) is 7. The van der Waals surface area contributed by atoms with Crippen LogP contribution in [-0.4, -0.2) is 23.2 Å². The van der Waals surface area contributed by atoms with E-state index >= 15 is 0 Å². The lowest BCUT2D eigenvalue weighted by atomic mass is 9.82. The first kappa shape index (κ1) is 16.2. The molecule has 2 heterocycles. The Labute approximate surface area is 139 Å². The van der Waals surface area contributed by atoms with Crippen LogP contribution < -0.4 is 27.2 Å². The molecule has 2 aliphatic rings. The quantitative estimate of drug-likeness (QED) is 0.518. The van der Waals surface area contributed by atoms with E-state index in [0.717, 1.165) is 12.2 Å². The van der Waals surface area contributed by atoms with Crippen molar-refractivity contribution in [2.45, 2.75) is 24.4 Å². The highest BCUT2D eigenvalue weighted by atomic mass is 32.2. The highest BCUT2D eigenvalue weighted by Gasteiger charge is 2.37. The topological polar surface area (TPSA) is 101 Å². The molecule has 3 rings (SSSR count). The van der Waals surface area contributed by atoms with Crippen LogP contribution in [0.3, 0.4) is 0 Å². The molecule has 3 atom stereocenters. The van der Waals surface area contributed by atoms with E-state index in [1.54, 1.807) is 11.8 Å². The molecule has 2 saturated heterocycles. The van der Waals surface area contributed by atoms with E-state index < -0.39 is 0 Å². The Kier molecular flexibility index (Phi) is 5.48. The number of carbonyl (C=O) groups excluding carboxylic acids is 1. The van der Waals surface area contributed by atoms with Gasteiger partial charge in [0, 0.05) is 12.2 Å². The van der Waals surface area contributed by atoms with Crippen molar-refractivity contribution in [2.24, 2.45) is 11.8 Å². The Morgan fingerprint density at radius 2 is 1.96 bits per heavy atom. The van der Waals surface area contributed by atoms with Crippen molar-refractivity contribution < 1.29 is 4.79 Å². The van der Waals surface area contributed by atoms with Crippen LogP contribution in [0.25, 0.3) is 0 Å². The van der Waals surface area contributed by atoms with Crippen molar-refractivity contribution in [3.63, 3.8) is 0 Å². The lowest BCUT2D eigenvalue weighted by Gasteiger charge is -2.34. The summed E-state index contributed by atoms with van der Waals surface area (Å²) < 4.78 is 0. The van der Waals surface area contributed by atoms with Crippen molar-refractivity contribution in [3.05, 3.63) is 35.9 Å². The van der Waals surface area contributed by atoms with Gasteiger partial charge in [0.25, 0.3) is 0 Å². The van der Waals surface area contributed by atoms with E-state index in [0.29, 0.717) is 6.42 Å². The van der Waals surface area contributed by atoms with Crippen LogP contribution in [0, 0.1) is 23.2 Å². The second-order valence-electron chi connectivity index (χ2n) is 5.72. The van der Waals surface area contributed by atoms with E-state index in [4.69, 9.17) is 0 Å². The molecular formula is C15H20N6OS. The summed E-state index contributed by atoms with van der Waals surface area (Å²) in [4.78, 5) is 12.0. The number of piperidine rings is 1. The molecule has 0 spiro atoms. The molecule has 5 N–H and O–H groups in total. The number of amides is 1. The Bertz CT molecular complexity index is 571. The molecule has 1 aromatic carbocycles. The standard InChI is InChI=1S/C15H20N6OS/c16-8-12-11(6-10-4-2-1-3-5-10)7-14(22)17-15(12)23-9-13-18-20-21-19-13/h1-5,11-13,15,18-21H,6-7,9H2,(H,17,22). The van der Waals surface area contributed by atoms with Crippen LogP contribution in [0.15, 0.2) is 30.3 Å². The normalized spacial score (nSPS) is 28.3. The molecule has 0 radical (unpaired) electrons. The number of hydrazine groups is 3. The second kappa shape index (κ2) is 7.77. The summed E-state index contributed by atoms with van der Waals surface area (Å²) >= 11 is 1.59. The number of rotatable bonds is 5. The molecule has 3 unspecified atom stereocenters. The van der Waals surface area contributed by atoms with E-state index in [-0.39, 0.29) is 29.3 Å². The van der Waals surface area contributed by atoms with Gasteiger partial charge in [0.2, 0.25) is 5.91 Å². The third kappa shape index (κ3) is 4.22. The highest BCUT2D eigenvalue weighted by Crippen LogP contribution is 2.32. The maximum atomic E-state index is 12.0. The van der Waals surface area contributed by atoms with Crippen molar-refractivity contribution in [1.29, 1.82) is 5.26 Å². The van der Waals surface area contributed by atoms with Gasteiger partial charge >= 0.3 is 0 Å². The number of thioether (sulfide) groups is 1. The van der Waals surface area contributed by atoms with Gasteiger partial charge < -0.3 is 5.32 Å². The highest BCUT2D eigenvalue weighted by molar-refractivity contribution is 7.99. The van der Waals surface area contributed by atoms with Crippen LogP contribution in [0.5, 0.6) is 0 Å². The number of nitriles is 1. The molecule has 8 heteroatoms. The van der Waals surface area contributed by atoms with Gasteiger partial charge in [-0.25, -0.2) is 10.9 Å². The number of carbonyl (C=O) groups is 1. The fraction of sp³-hybridized carbons (Fsp3) is 0.467. The summed E-state index contributed by atoms with van der Waals surface area (Å²) in [6.45, 7) is 0. The lowest BCUT2D eigenvalue weighted by molar-refractivity contribution is -0.124. The third-order valence-corrected chi connectivity index (χ3v) is 5.37. The Balaban J connectivity index is 1.64. The Morgan fingerprint density at radius 1 is 1.22 bits per heavy atom. The Hall–Kier alpha value is -1.63. The van der Waals surface area contributed by atoms with Crippen LogP contribution in [-0.2, 0) is 11.2 Å². The molecule has 2 aliphatic heterocycles. The maximum absolute atomic E-state index is 12.0. The Morgan fingerprint density at radius 3 is 2.65 bits per heavy atom. The van der Waals surface area contributed by atoms with Crippen molar-refractivity contribution in [3.8, 4) is 6.07 Å². The van der Waals surface area contributed by atoms with Gasteiger partial charge in [-0.3, -0.25) is 4.79 Å². The fourth-order valence-electron chi connectivity index (χ4n) is 2.92. The lowest BCUT2D eigenvalue weighted by Crippen LogP contribution is -2.49. The largest absolute Gasteiger partial charge is 0.343 e. The zero-order valence-corrected chi connectivity index (χ0v) is 13.4. The summed E-state index contributed by atoms with van der Waals surface area (Å²) in [6.07, 6.45) is 1.21. The summed E-state index contributed by atoms with van der Waals surface area (Å²) in [5.74, 6) is 0.606. The molecule has 0 bridgehead atoms. The molecule has 0 saturated carbocycles. The van der Waals surface area contributed by atoms with Crippen molar-refractivity contribution in [2.75, 3.05) is 5.75 Å². The molecule has 0 aromatic heterocycles. The number of benzene rings is 1. The SMILES string of the molecule is N#CC1C(Cc2ccccc2)CC(=O)NC1SCC1NNNN1. The van der Waals surface area contributed by atoms with Gasteiger partial charge in [0.05, 0.1) is 23.5 Å². The van der Waals surface area contributed by atoms with E-state index in [1.807, 2.05) is 30.3 Å². The molecular weight excluding hydrogens is 312 g/mol. The molecule has 0 aliphatic carbocycles. The van der Waals surface area contributed by atoms with E-state index in [9.17, 15) is 10.1 Å². The molecule has 23 heavy (non-hydrogen) atoms. The maximum Gasteiger partial charge on any atom is 0.221 e. The number of nitrogens with one attached hydrogen (secondary N) is 5. The van der Waals surface area contributed by atoms with Crippen LogP contribution >= 0.6 is 11.8 Å². The molecule has 7 nitrogen and oxygen atoms in total. The monoisotopic (exact) mass is 332 g/mol. The van der Waals surface area contributed by atoms with Crippen molar-refractivity contribution in [1.82, 2.24) is 27.2 Å². The van der Waals surface area contributed by atoms with Gasteiger partial charge in [0.1, 0.15) is 0 Å². The average Bonchev–Trinajstić information content (AvgIpc) is 3.07. The first-order valence-electron chi connectivity index (χ1n) is 7.62. The van der Waals surface area contributed by atoms with Crippen molar-refractivity contribution >= 4 is 17.7 Å². The minimum Gasteiger partial charge on any atom is -0.343 e. The summed E-state index contributed by atoms with van der Waals surface area (Å²) in [5, 5.41) is 12.4. The molecule has 122 valence electrons. The smallest absolute Gasteiger partial charge is 0.221 e. The van der Waals surface area contributed by atoms with Gasteiger partial charge in [-0.15, -0.1) is 11.8 Å². The predicted molar refractivity (Wildman–Crippen MR) is 88.1 cm³/mol. The molecule has 1 aromatic rings. The van der Waals surface area contributed by atoms with Gasteiger partial charge in [-0.05, 0) is 17.9 Å². The summed E-state index contributed by atoms with van der Waals surface area (Å²) in [6, 6.07) is 12.5. The first-order chi connectivity index (χ1) is 11.3. The van der Waals surface area contributed by atoms with E-state index in [1.165, 1.54) is 5.56 Å². The zero-order chi connectivity index (χ0) is 16.1. The fourth-order valence-corrected chi connectivity index (χ4v) is 4.19. The predicted octanol–water partition coefficient (Wildman–Crippen LogP) is 0.00738. The molecule has 1 amide bonds. The van der Waals surface area contributed by atoms with Crippen LogP contribution in [0.2, 0.25) is 0 Å². The first-order valence-corrected chi connectivity index (χ1v) is 8.66. The van der Waals surface area contributed by atoms with Gasteiger partial charge in [0.15, 0.2) is 0 Å². The second-order valence-corrected chi connectivity index (χ2v) is 6.90. The third-order valence-electron chi connectivity index (χ3n) is 4.07. The minimum absolute atomic E-state index is 0.0264.